The summed E-state index contributed by atoms with van der Waals surface area (Å²) in [6, 6.07) is 33.2. The second-order valence-electron chi connectivity index (χ2n) is 20.5. The predicted octanol–water partition coefficient (Wildman–Crippen LogP) is 15.8. The number of benzene rings is 4. The van der Waals surface area contributed by atoms with Crippen LogP contribution in [0.4, 0.5) is 0 Å². The Kier molecular flexibility index (Phi) is 28.5. The van der Waals surface area contributed by atoms with Crippen LogP contribution in [0.5, 0.6) is 0 Å². The van der Waals surface area contributed by atoms with Crippen LogP contribution in [0.1, 0.15) is 142 Å². The molecule has 1 N–H and O–H groups in total. The van der Waals surface area contributed by atoms with Gasteiger partial charge in [-0.05, 0) is 170 Å². The SMILES string of the molecule is CC(C)(C)OC(=O)C(C)(C)Cc1ccc(Br)cc1.CC(C)(C)OC(=O)CCc1ccc(Br)cc1.CC(C)NC1CCCCC1.COC(=O)/C=C/c1ccc(Br)cc1.COC(=O)C1CC1c1ccc(Br)cc1. The zero-order chi connectivity index (χ0) is 53.4. The second-order valence-corrected chi connectivity index (χ2v) is 24.2. The van der Waals surface area contributed by atoms with Crippen molar-refractivity contribution in [2.75, 3.05) is 14.2 Å². The van der Waals surface area contributed by atoms with E-state index in [-0.39, 0.29) is 29.8 Å². The third-order valence-electron chi connectivity index (χ3n) is 10.7. The summed E-state index contributed by atoms with van der Waals surface area (Å²) in [5.41, 5.74) is 3.13. The van der Waals surface area contributed by atoms with E-state index in [1.807, 2.05) is 140 Å². The zero-order valence-electron chi connectivity index (χ0n) is 43.8. The molecule has 0 aliphatic heterocycles. The molecule has 2 saturated carbocycles. The Morgan fingerprint density at radius 1 is 0.634 bits per heavy atom. The van der Waals surface area contributed by atoms with Crippen LogP contribution in [0.25, 0.3) is 6.08 Å². The molecule has 4 aromatic rings. The summed E-state index contributed by atoms with van der Waals surface area (Å²) in [5, 5.41) is 3.58. The number of ether oxygens (including phenoxy) is 4. The number of nitrogens with one attached hydrogen (secondary N) is 1. The van der Waals surface area contributed by atoms with Crippen LogP contribution < -0.4 is 5.32 Å². The Hall–Kier alpha value is -3.62. The summed E-state index contributed by atoms with van der Waals surface area (Å²) in [7, 11) is 2.80. The summed E-state index contributed by atoms with van der Waals surface area (Å²) in [6.07, 6.45) is 13.0. The molecule has 0 spiro atoms. The molecule has 6 rings (SSSR count). The van der Waals surface area contributed by atoms with Crippen LogP contribution in [0, 0.1) is 11.3 Å². The average molecular weight is 1240 g/mol. The molecule has 9 nitrogen and oxygen atoms in total. The molecule has 0 radical (unpaired) electrons. The van der Waals surface area contributed by atoms with Crippen LogP contribution in [0.15, 0.2) is 121 Å². The van der Waals surface area contributed by atoms with Crippen molar-refractivity contribution in [1.82, 2.24) is 5.32 Å². The molecule has 2 fully saturated rings. The number of carbonyl (C=O) groups excluding carboxylic acids is 4. The van der Waals surface area contributed by atoms with E-state index >= 15 is 0 Å². The quantitative estimate of drug-likeness (QED) is 0.0841. The lowest BCUT2D eigenvalue weighted by atomic mass is 9.85. The summed E-state index contributed by atoms with van der Waals surface area (Å²) in [5.74, 6) is -0.272. The normalized spacial score (nSPS) is 15.5. The van der Waals surface area contributed by atoms with Gasteiger partial charge < -0.3 is 24.3 Å². The van der Waals surface area contributed by atoms with Crippen LogP contribution in [-0.2, 0) is 51.0 Å². The third kappa shape index (κ3) is 29.0. The van der Waals surface area contributed by atoms with Crippen LogP contribution in [-0.4, -0.2) is 61.4 Å². The Morgan fingerprint density at radius 3 is 1.55 bits per heavy atom. The van der Waals surface area contributed by atoms with Gasteiger partial charge in [-0.2, -0.15) is 0 Å². The first-order chi connectivity index (χ1) is 33.2. The molecule has 0 aromatic heterocycles. The van der Waals surface area contributed by atoms with Gasteiger partial charge in [0.2, 0.25) is 0 Å². The maximum absolute atomic E-state index is 12.1. The fourth-order valence-corrected chi connectivity index (χ4v) is 8.18. The van der Waals surface area contributed by atoms with E-state index in [2.05, 4.69) is 99.8 Å². The molecule has 13 heteroatoms. The highest BCUT2D eigenvalue weighted by molar-refractivity contribution is 9.11. The van der Waals surface area contributed by atoms with Crippen molar-refractivity contribution in [3.63, 3.8) is 0 Å². The van der Waals surface area contributed by atoms with Gasteiger partial charge in [0.25, 0.3) is 0 Å². The monoisotopic (exact) mass is 1230 g/mol. The minimum absolute atomic E-state index is 0.0844. The van der Waals surface area contributed by atoms with Crippen molar-refractivity contribution in [3.05, 3.63) is 143 Å². The first-order valence-electron chi connectivity index (χ1n) is 24.2. The maximum Gasteiger partial charge on any atom is 0.330 e. The minimum atomic E-state index is -0.513. The van der Waals surface area contributed by atoms with Crippen molar-refractivity contribution in [2.24, 2.45) is 11.3 Å². The van der Waals surface area contributed by atoms with Gasteiger partial charge in [0.1, 0.15) is 11.2 Å². The molecule has 0 saturated heterocycles. The Labute approximate surface area is 458 Å². The van der Waals surface area contributed by atoms with E-state index in [1.165, 1.54) is 58.0 Å². The molecule has 2 aliphatic carbocycles. The lowest BCUT2D eigenvalue weighted by molar-refractivity contribution is -0.165. The van der Waals surface area contributed by atoms with Crippen molar-refractivity contribution < 1.29 is 38.1 Å². The maximum atomic E-state index is 12.1. The highest BCUT2D eigenvalue weighted by Crippen LogP contribution is 2.48. The first kappa shape index (κ1) is 63.5. The average Bonchev–Trinajstić information content (AvgIpc) is 4.10. The molecule has 2 aliphatic rings. The van der Waals surface area contributed by atoms with Gasteiger partial charge in [-0.3, -0.25) is 14.4 Å². The highest BCUT2D eigenvalue weighted by atomic mass is 79.9. The van der Waals surface area contributed by atoms with Crippen LogP contribution in [0.2, 0.25) is 0 Å². The highest BCUT2D eigenvalue weighted by Gasteiger charge is 2.44. The van der Waals surface area contributed by atoms with E-state index in [1.54, 1.807) is 6.08 Å². The number of methoxy groups -OCH3 is 2. The fraction of sp³-hybridized carbons (Fsp3) is 0.483. The molecule has 0 heterocycles. The molecular formula is C58H77Br4NO8. The topological polar surface area (TPSA) is 117 Å². The van der Waals surface area contributed by atoms with Gasteiger partial charge in [-0.1, -0.05) is 145 Å². The lowest BCUT2D eigenvalue weighted by Crippen LogP contribution is -2.35. The molecule has 0 bridgehead atoms. The van der Waals surface area contributed by atoms with E-state index < -0.39 is 16.6 Å². The summed E-state index contributed by atoms with van der Waals surface area (Å²) in [6.45, 7) is 19.6. The van der Waals surface area contributed by atoms with E-state index in [0.717, 1.165) is 53.5 Å². The second kappa shape index (κ2) is 31.9. The number of esters is 4. The molecule has 71 heavy (non-hydrogen) atoms. The van der Waals surface area contributed by atoms with Gasteiger partial charge in [0.05, 0.1) is 25.6 Å². The van der Waals surface area contributed by atoms with E-state index in [4.69, 9.17) is 14.2 Å². The number of carbonyl (C=O) groups is 4. The summed E-state index contributed by atoms with van der Waals surface area (Å²) < 4.78 is 24.0. The zero-order valence-corrected chi connectivity index (χ0v) is 50.2. The molecular weight excluding hydrogens is 1160 g/mol. The summed E-state index contributed by atoms with van der Waals surface area (Å²) >= 11 is 13.5. The van der Waals surface area contributed by atoms with Crippen LogP contribution in [0.3, 0.4) is 0 Å². The van der Waals surface area contributed by atoms with E-state index in [9.17, 15) is 19.2 Å². The molecule has 390 valence electrons. The molecule has 4 aromatic carbocycles. The largest absolute Gasteiger partial charge is 0.469 e. The minimum Gasteiger partial charge on any atom is -0.469 e. The van der Waals surface area contributed by atoms with Gasteiger partial charge in [-0.25, -0.2) is 4.79 Å². The standard InChI is InChI=1S/C15H21BrO2.C13H17BrO2.C11H11BrO2.C10H9BrO2.C9H19N/c1-14(2,3)18-13(17)15(4,5)10-11-6-8-12(16)9-7-11;1-13(2,3)16-12(15)9-6-10-4-7-11(14)8-5-10;1-14-11(13)10-6-9(10)7-2-4-8(12)5-3-7;1-13-10(12)7-4-8-2-5-9(11)6-3-8;1-8(2)10-9-6-4-3-5-7-9/h6-9H,10H2,1-5H3;4-5,7-8H,6,9H2,1-3H3;2-5,9-10H,6H2,1H3;2-7H,1H3;8-10H,3-7H2,1-2H3/b;;;7-4+;. The molecule has 2 atom stereocenters. The molecule has 2 unspecified atom stereocenters. The summed E-state index contributed by atoms with van der Waals surface area (Å²) in [4.78, 5) is 45.5. The van der Waals surface area contributed by atoms with Gasteiger partial charge >= 0.3 is 23.9 Å². The smallest absolute Gasteiger partial charge is 0.330 e. The van der Waals surface area contributed by atoms with E-state index in [0.29, 0.717) is 24.8 Å². The fourth-order valence-electron chi connectivity index (χ4n) is 7.12. The predicted molar refractivity (Wildman–Crippen MR) is 303 cm³/mol. The number of halogens is 4. The molecule has 0 amide bonds. The first-order valence-corrected chi connectivity index (χ1v) is 27.4. The van der Waals surface area contributed by atoms with Crippen LogP contribution >= 0.6 is 63.7 Å². The van der Waals surface area contributed by atoms with Gasteiger partial charge in [-0.15, -0.1) is 0 Å². The lowest BCUT2D eigenvalue weighted by Gasteiger charge is -2.28. The number of hydrogen-bond acceptors (Lipinski definition) is 9. The van der Waals surface area contributed by atoms with Crippen molar-refractivity contribution in [3.8, 4) is 0 Å². The number of rotatable bonds is 12. The van der Waals surface area contributed by atoms with Crippen molar-refractivity contribution >= 4 is 93.7 Å². The third-order valence-corrected chi connectivity index (χ3v) is 12.8. The number of aryl methyl sites for hydroxylation is 1. The van der Waals surface area contributed by atoms with Crippen molar-refractivity contribution in [1.29, 1.82) is 0 Å². The number of hydrogen-bond donors (Lipinski definition) is 1. The van der Waals surface area contributed by atoms with Crippen molar-refractivity contribution in [2.45, 2.75) is 156 Å². The Bertz CT molecular complexity index is 2220. The Balaban J connectivity index is 0.000000308. The van der Waals surface area contributed by atoms with Gasteiger partial charge in [0, 0.05) is 42.5 Å². The Morgan fingerprint density at radius 2 is 1.10 bits per heavy atom. The van der Waals surface area contributed by atoms with Gasteiger partial charge in [0.15, 0.2) is 0 Å².